The molecule has 0 unspecified atom stereocenters. The maximum atomic E-state index is 12.1. The maximum absolute atomic E-state index is 12.1. The van der Waals surface area contributed by atoms with Crippen molar-refractivity contribution >= 4 is 21.7 Å². The molecular weight excluding hydrogens is 252 g/mol. The minimum Gasteiger partial charge on any atom is -0.298 e. The first kappa shape index (κ1) is 10.9. The van der Waals surface area contributed by atoms with Crippen LogP contribution in [0, 0.1) is 0 Å². The third-order valence-electron chi connectivity index (χ3n) is 3.44. The molecule has 0 aliphatic heterocycles. The van der Waals surface area contributed by atoms with Crippen LogP contribution in [-0.2, 0) is 10.2 Å². The summed E-state index contributed by atoms with van der Waals surface area (Å²) in [7, 11) is 0. The van der Waals surface area contributed by atoms with Gasteiger partial charge in [-0.05, 0) is 18.4 Å². The lowest BCUT2D eigenvalue weighted by atomic mass is 9.76. The van der Waals surface area contributed by atoms with E-state index in [1.54, 1.807) is 0 Å². The summed E-state index contributed by atoms with van der Waals surface area (Å²) in [5, 5.41) is 0.474. The van der Waals surface area contributed by atoms with Crippen LogP contribution in [0.25, 0.3) is 0 Å². The summed E-state index contributed by atoms with van der Waals surface area (Å²) in [6.45, 7) is 0. The second-order valence-electron chi connectivity index (χ2n) is 4.21. The van der Waals surface area contributed by atoms with Crippen molar-refractivity contribution in [1.82, 2.24) is 0 Å². The van der Waals surface area contributed by atoms with Crippen molar-refractivity contribution in [2.45, 2.75) is 31.1 Å². The molecule has 1 aromatic rings. The van der Waals surface area contributed by atoms with Gasteiger partial charge in [-0.2, -0.15) is 0 Å². The summed E-state index contributed by atoms with van der Waals surface area (Å²) < 4.78 is 0. The van der Waals surface area contributed by atoms with Crippen molar-refractivity contribution < 1.29 is 4.79 Å². The molecule has 0 bridgehead atoms. The van der Waals surface area contributed by atoms with Crippen LogP contribution in [0.3, 0.4) is 0 Å². The zero-order chi connectivity index (χ0) is 10.7. The molecule has 0 amide bonds. The minimum absolute atomic E-state index is 0.190. The van der Waals surface area contributed by atoms with E-state index >= 15 is 0 Å². The average Bonchev–Trinajstić information content (AvgIpc) is 2.79. The van der Waals surface area contributed by atoms with Crippen LogP contribution in [0.1, 0.15) is 31.2 Å². The molecule has 0 aromatic heterocycles. The first-order chi connectivity index (χ1) is 7.29. The fourth-order valence-corrected chi connectivity index (χ4v) is 3.13. The van der Waals surface area contributed by atoms with E-state index in [1.165, 1.54) is 18.4 Å². The van der Waals surface area contributed by atoms with Gasteiger partial charge in [0.1, 0.15) is 0 Å². The Morgan fingerprint density at radius 3 is 2.33 bits per heavy atom. The Hall–Kier alpha value is -0.630. The number of rotatable bonds is 3. The number of benzene rings is 1. The molecule has 0 atom stereocenters. The van der Waals surface area contributed by atoms with E-state index in [1.807, 2.05) is 18.2 Å². The van der Waals surface area contributed by atoms with Crippen molar-refractivity contribution in [2.24, 2.45) is 0 Å². The van der Waals surface area contributed by atoms with Gasteiger partial charge in [0, 0.05) is 0 Å². The summed E-state index contributed by atoms with van der Waals surface area (Å²) in [5.41, 5.74) is 1.01. The highest BCUT2D eigenvalue weighted by Crippen LogP contribution is 2.42. The van der Waals surface area contributed by atoms with Crippen LogP contribution in [0.2, 0.25) is 0 Å². The number of carbonyl (C=O) groups is 1. The third kappa shape index (κ3) is 1.87. The normalized spacial score (nSPS) is 19.0. The van der Waals surface area contributed by atoms with E-state index in [0.29, 0.717) is 11.1 Å². The Kier molecular flexibility index (Phi) is 3.25. The molecule has 1 aliphatic rings. The van der Waals surface area contributed by atoms with E-state index in [-0.39, 0.29) is 5.41 Å². The van der Waals surface area contributed by atoms with Crippen molar-refractivity contribution in [1.29, 1.82) is 0 Å². The van der Waals surface area contributed by atoms with Gasteiger partial charge in [0.25, 0.3) is 0 Å². The summed E-state index contributed by atoms with van der Waals surface area (Å²) in [6.07, 6.45) is 4.38. The quantitative estimate of drug-likeness (QED) is 0.766. The molecule has 0 spiro atoms. The van der Waals surface area contributed by atoms with Gasteiger partial charge in [-0.3, -0.25) is 4.79 Å². The van der Waals surface area contributed by atoms with Gasteiger partial charge in [-0.15, -0.1) is 0 Å². The fraction of sp³-hybridized carbons (Fsp3) is 0.462. The predicted octanol–water partition coefficient (Wildman–Crippen LogP) is 3.46. The Labute approximate surface area is 99.0 Å². The first-order valence-electron chi connectivity index (χ1n) is 5.44. The van der Waals surface area contributed by atoms with Crippen molar-refractivity contribution in [3.63, 3.8) is 0 Å². The highest BCUT2D eigenvalue weighted by Gasteiger charge is 2.41. The Balaban J connectivity index is 2.39. The van der Waals surface area contributed by atoms with Gasteiger partial charge >= 0.3 is 0 Å². The van der Waals surface area contributed by atoms with E-state index < -0.39 is 0 Å². The van der Waals surface area contributed by atoms with Crippen molar-refractivity contribution in [3.8, 4) is 0 Å². The molecule has 1 aromatic carbocycles. The maximum Gasteiger partial charge on any atom is 0.153 e. The molecule has 0 radical (unpaired) electrons. The highest BCUT2D eigenvalue weighted by molar-refractivity contribution is 9.09. The fourth-order valence-electron chi connectivity index (χ4n) is 2.59. The SMILES string of the molecule is O=C(CBr)C1(c2ccccc2)CCCC1. The van der Waals surface area contributed by atoms with Crippen molar-refractivity contribution in [3.05, 3.63) is 35.9 Å². The second kappa shape index (κ2) is 4.48. The molecule has 1 fully saturated rings. The van der Waals surface area contributed by atoms with Gasteiger partial charge in [0.05, 0.1) is 10.7 Å². The summed E-state index contributed by atoms with van der Waals surface area (Å²) in [4.78, 5) is 12.1. The van der Waals surface area contributed by atoms with Gasteiger partial charge in [0.15, 0.2) is 5.78 Å². The third-order valence-corrected chi connectivity index (χ3v) is 3.95. The lowest BCUT2D eigenvalue weighted by Crippen LogP contribution is -2.33. The highest BCUT2D eigenvalue weighted by atomic mass is 79.9. The number of ketones is 1. The molecule has 0 saturated heterocycles. The first-order valence-corrected chi connectivity index (χ1v) is 6.56. The number of carbonyl (C=O) groups excluding carboxylic acids is 1. The molecule has 2 heteroatoms. The number of halogens is 1. The van der Waals surface area contributed by atoms with E-state index in [4.69, 9.17) is 0 Å². The average molecular weight is 267 g/mol. The standard InChI is InChI=1S/C13H15BrO/c14-10-12(15)13(8-4-5-9-13)11-6-2-1-3-7-11/h1-3,6-7H,4-5,8-10H2. The number of hydrogen-bond acceptors (Lipinski definition) is 1. The van der Waals surface area contributed by atoms with E-state index in [2.05, 4.69) is 28.1 Å². The van der Waals surface area contributed by atoms with E-state index in [0.717, 1.165) is 12.8 Å². The summed E-state index contributed by atoms with van der Waals surface area (Å²) in [5.74, 6) is 0.339. The lowest BCUT2D eigenvalue weighted by molar-refractivity contribution is -0.121. The van der Waals surface area contributed by atoms with Crippen LogP contribution in [-0.4, -0.2) is 11.1 Å². The van der Waals surface area contributed by atoms with Crippen LogP contribution in [0.5, 0.6) is 0 Å². The Morgan fingerprint density at radius 1 is 1.20 bits per heavy atom. The van der Waals surface area contributed by atoms with Crippen LogP contribution in [0.4, 0.5) is 0 Å². The molecule has 1 aliphatic carbocycles. The van der Waals surface area contributed by atoms with E-state index in [9.17, 15) is 4.79 Å². The molecule has 0 N–H and O–H groups in total. The summed E-state index contributed by atoms with van der Waals surface area (Å²) >= 11 is 3.31. The molecule has 15 heavy (non-hydrogen) atoms. The Bertz CT molecular complexity index is 339. The van der Waals surface area contributed by atoms with Gasteiger partial charge in [-0.1, -0.05) is 59.1 Å². The van der Waals surface area contributed by atoms with Gasteiger partial charge in [0.2, 0.25) is 0 Å². The largest absolute Gasteiger partial charge is 0.298 e. The molecule has 1 saturated carbocycles. The molecule has 0 heterocycles. The smallest absolute Gasteiger partial charge is 0.153 e. The Morgan fingerprint density at radius 2 is 1.80 bits per heavy atom. The van der Waals surface area contributed by atoms with Gasteiger partial charge in [-0.25, -0.2) is 0 Å². The monoisotopic (exact) mass is 266 g/mol. The van der Waals surface area contributed by atoms with Gasteiger partial charge < -0.3 is 0 Å². The predicted molar refractivity (Wildman–Crippen MR) is 65.4 cm³/mol. The van der Waals surface area contributed by atoms with Crippen LogP contribution < -0.4 is 0 Å². The zero-order valence-corrected chi connectivity index (χ0v) is 10.3. The summed E-state index contributed by atoms with van der Waals surface area (Å²) in [6, 6.07) is 10.2. The van der Waals surface area contributed by atoms with Crippen LogP contribution >= 0.6 is 15.9 Å². The van der Waals surface area contributed by atoms with Crippen molar-refractivity contribution in [2.75, 3.05) is 5.33 Å². The zero-order valence-electron chi connectivity index (χ0n) is 8.71. The lowest BCUT2D eigenvalue weighted by Gasteiger charge is -2.27. The minimum atomic E-state index is -0.190. The number of hydrogen-bond donors (Lipinski definition) is 0. The second-order valence-corrected chi connectivity index (χ2v) is 4.77. The number of Topliss-reactive ketones (excluding diaryl/α,β-unsaturated/α-hetero) is 1. The molecule has 1 nitrogen and oxygen atoms in total. The topological polar surface area (TPSA) is 17.1 Å². The molecular formula is C13H15BrO. The molecule has 2 rings (SSSR count). The number of alkyl halides is 1. The molecule has 80 valence electrons. The van der Waals surface area contributed by atoms with Crippen LogP contribution in [0.15, 0.2) is 30.3 Å².